The Hall–Kier alpha value is -3.48. The first-order valence-electron chi connectivity index (χ1n) is 11.3. The van der Waals surface area contributed by atoms with Crippen molar-refractivity contribution in [2.24, 2.45) is 0 Å². The van der Waals surface area contributed by atoms with Crippen LogP contribution < -0.4 is 10.2 Å². The highest BCUT2D eigenvalue weighted by atomic mass is 32.2. The molecule has 4 aromatic rings. The number of hydrogen-bond acceptors (Lipinski definition) is 4. The summed E-state index contributed by atoms with van der Waals surface area (Å²) < 4.78 is 0. The molecule has 1 aliphatic heterocycles. The van der Waals surface area contributed by atoms with Gasteiger partial charge in [0, 0.05) is 25.9 Å². The molecule has 0 fully saturated rings. The third-order valence-electron chi connectivity index (χ3n) is 5.79. The molecule has 0 aliphatic carbocycles. The Morgan fingerprint density at radius 2 is 1.46 bits per heavy atom. The summed E-state index contributed by atoms with van der Waals surface area (Å²) in [5.41, 5.74) is 4.10. The number of carbonyl (C=O) groups excluding carboxylic acids is 2. The second kappa shape index (κ2) is 10.0. The van der Waals surface area contributed by atoms with Crippen molar-refractivity contribution in [1.82, 2.24) is 0 Å². The molecule has 0 radical (unpaired) electrons. The Morgan fingerprint density at radius 3 is 2.14 bits per heavy atom. The molecule has 0 bridgehead atoms. The van der Waals surface area contributed by atoms with Gasteiger partial charge >= 0.3 is 0 Å². The van der Waals surface area contributed by atoms with Crippen molar-refractivity contribution in [3.8, 4) is 0 Å². The van der Waals surface area contributed by atoms with Crippen LogP contribution >= 0.6 is 23.5 Å². The third kappa shape index (κ3) is 4.85. The number of nitrogens with one attached hydrogen (secondary N) is 1. The van der Waals surface area contributed by atoms with Crippen molar-refractivity contribution in [3.63, 3.8) is 0 Å². The van der Waals surface area contributed by atoms with Crippen LogP contribution in [0.15, 0.2) is 112 Å². The Morgan fingerprint density at radius 1 is 0.829 bits per heavy atom. The van der Waals surface area contributed by atoms with Crippen LogP contribution in [-0.4, -0.2) is 17.1 Å². The van der Waals surface area contributed by atoms with Crippen LogP contribution in [0.4, 0.5) is 17.1 Å². The zero-order valence-corrected chi connectivity index (χ0v) is 21.0. The van der Waals surface area contributed by atoms with E-state index in [1.807, 2.05) is 104 Å². The number of rotatable bonds is 5. The fourth-order valence-electron chi connectivity index (χ4n) is 4.05. The summed E-state index contributed by atoms with van der Waals surface area (Å²) in [4.78, 5) is 31.4. The highest BCUT2D eigenvalue weighted by Gasteiger charge is 2.31. The van der Waals surface area contributed by atoms with Crippen LogP contribution in [0.3, 0.4) is 0 Å². The summed E-state index contributed by atoms with van der Waals surface area (Å²) in [6.07, 6.45) is 0. The van der Waals surface area contributed by atoms with E-state index in [2.05, 4.69) is 17.4 Å². The lowest BCUT2D eigenvalue weighted by Gasteiger charge is -2.32. The molecular formula is C29H24N2O2S2. The normalized spacial score (nSPS) is 12.9. The molecule has 1 N–H and O–H groups in total. The molecule has 0 spiro atoms. The fourth-order valence-corrected chi connectivity index (χ4v) is 6.08. The number of nitrogens with zero attached hydrogens (tertiary/aromatic N) is 1. The van der Waals surface area contributed by atoms with Gasteiger partial charge in [-0.3, -0.25) is 14.5 Å². The van der Waals surface area contributed by atoms with Gasteiger partial charge in [-0.15, -0.1) is 11.8 Å². The number of carbonyl (C=O) groups is 2. The van der Waals surface area contributed by atoms with Gasteiger partial charge in [0.25, 0.3) is 5.91 Å². The maximum atomic E-state index is 13.7. The monoisotopic (exact) mass is 496 g/mol. The molecule has 1 atom stereocenters. The lowest BCUT2D eigenvalue weighted by Crippen LogP contribution is -2.34. The van der Waals surface area contributed by atoms with Gasteiger partial charge in [-0.25, -0.2) is 0 Å². The fraction of sp³-hybridized carbons (Fsp3) is 0.103. The van der Waals surface area contributed by atoms with E-state index < -0.39 is 0 Å². The number of hydrogen-bond donors (Lipinski definition) is 1. The summed E-state index contributed by atoms with van der Waals surface area (Å²) in [6, 6.07) is 31.2. The Labute approximate surface area is 213 Å². The summed E-state index contributed by atoms with van der Waals surface area (Å²) in [5.74, 6) is -0.127. The van der Waals surface area contributed by atoms with Gasteiger partial charge in [-0.2, -0.15) is 0 Å². The molecule has 4 nitrogen and oxygen atoms in total. The lowest BCUT2D eigenvalue weighted by atomic mass is 10.1. The highest BCUT2D eigenvalue weighted by Crippen LogP contribution is 2.48. The Bertz CT molecular complexity index is 1370. The smallest absolute Gasteiger partial charge is 0.255 e. The van der Waals surface area contributed by atoms with Gasteiger partial charge in [0.2, 0.25) is 5.91 Å². The molecule has 174 valence electrons. The van der Waals surface area contributed by atoms with Crippen molar-refractivity contribution in [3.05, 3.63) is 108 Å². The first kappa shape index (κ1) is 23.3. The largest absolute Gasteiger partial charge is 0.322 e. The van der Waals surface area contributed by atoms with Crippen LogP contribution in [0.25, 0.3) is 0 Å². The standard InChI is InChI=1S/C29H24N2O2S2/c1-19-10-3-4-13-23(19)28(32)30-21-11-9-12-22(18-21)34-20(2)29(33)31-24-14-5-7-16-26(24)35-27-17-8-6-15-25(27)31/h3-18,20H,1-2H3,(H,30,32). The lowest BCUT2D eigenvalue weighted by molar-refractivity contribution is -0.117. The van der Waals surface area contributed by atoms with E-state index in [-0.39, 0.29) is 17.1 Å². The number of thioether (sulfide) groups is 1. The molecule has 1 heterocycles. The summed E-state index contributed by atoms with van der Waals surface area (Å²) >= 11 is 3.17. The first-order valence-corrected chi connectivity index (χ1v) is 13.0. The molecule has 2 amide bonds. The molecule has 4 aromatic carbocycles. The average Bonchev–Trinajstić information content (AvgIpc) is 2.87. The Balaban J connectivity index is 1.36. The van der Waals surface area contributed by atoms with Crippen LogP contribution in [0.2, 0.25) is 0 Å². The van der Waals surface area contributed by atoms with E-state index in [0.29, 0.717) is 11.3 Å². The second-order valence-electron chi connectivity index (χ2n) is 8.27. The molecule has 1 aliphatic rings. The quantitative estimate of drug-likeness (QED) is 0.290. The summed E-state index contributed by atoms with van der Waals surface area (Å²) in [5, 5.41) is 2.65. The average molecular weight is 497 g/mol. The van der Waals surface area contributed by atoms with Crippen molar-refractivity contribution in [2.45, 2.75) is 33.8 Å². The van der Waals surface area contributed by atoms with E-state index >= 15 is 0 Å². The minimum absolute atomic E-state index is 0.0181. The van der Waals surface area contributed by atoms with E-state index in [9.17, 15) is 9.59 Å². The maximum Gasteiger partial charge on any atom is 0.255 e. The number of fused-ring (bicyclic) bond motifs is 2. The Kier molecular flexibility index (Phi) is 6.66. The minimum atomic E-state index is -0.332. The summed E-state index contributed by atoms with van der Waals surface area (Å²) in [7, 11) is 0. The van der Waals surface area contributed by atoms with E-state index in [1.54, 1.807) is 11.8 Å². The van der Waals surface area contributed by atoms with Crippen molar-refractivity contribution < 1.29 is 9.59 Å². The second-order valence-corrected chi connectivity index (χ2v) is 10.8. The van der Waals surface area contributed by atoms with E-state index in [4.69, 9.17) is 0 Å². The molecule has 6 heteroatoms. The summed E-state index contributed by atoms with van der Waals surface area (Å²) in [6.45, 7) is 3.85. The molecular weight excluding hydrogens is 472 g/mol. The van der Waals surface area contributed by atoms with Gasteiger partial charge in [-0.05, 0) is 67.9 Å². The zero-order chi connectivity index (χ0) is 24.4. The number of aryl methyl sites for hydroxylation is 1. The third-order valence-corrected chi connectivity index (χ3v) is 8.01. The number of anilines is 3. The number of para-hydroxylation sites is 2. The topological polar surface area (TPSA) is 49.4 Å². The number of amides is 2. The molecule has 1 unspecified atom stereocenters. The minimum Gasteiger partial charge on any atom is -0.322 e. The molecule has 0 saturated heterocycles. The van der Waals surface area contributed by atoms with Crippen molar-refractivity contribution >= 4 is 52.4 Å². The van der Waals surface area contributed by atoms with Gasteiger partial charge in [0.15, 0.2) is 0 Å². The van der Waals surface area contributed by atoms with Crippen LogP contribution in [-0.2, 0) is 4.79 Å². The molecule has 0 saturated carbocycles. The van der Waals surface area contributed by atoms with Gasteiger partial charge in [0.05, 0.1) is 16.6 Å². The first-order chi connectivity index (χ1) is 17.0. The van der Waals surface area contributed by atoms with Crippen LogP contribution in [0, 0.1) is 6.92 Å². The number of benzene rings is 4. The molecule has 0 aromatic heterocycles. The highest BCUT2D eigenvalue weighted by molar-refractivity contribution is 8.00. The van der Waals surface area contributed by atoms with Gasteiger partial charge in [-0.1, -0.05) is 60.3 Å². The van der Waals surface area contributed by atoms with Gasteiger partial charge < -0.3 is 5.32 Å². The predicted molar refractivity (Wildman–Crippen MR) is 145 cm³/mol. The predicted octanol–water partition coefficient (Wildman–Crippen LogP) is 7.56. The zero-order valence-electron chi connectivity index (χ0n) is 19.4. The van der Waals surface area contributed by atoms with Gasteiger partial charge in [0.1, 0.15) is 0 Å². The van der Waals surface area contributed by atoms with E-state index in [0.717, 1.165) is 31.6 Å². The van der Waals surface area contributed by atoms with Crippen LogP contribution in [0.1, 0.15) is 22.8 Å². The SMILES string of the molecule is Cc1ccccc1C(=O)Nc1cccc(SC(C)C(=O)N2c3ccccc3Sc3ccccc32)c1. The molecule has 35 heavy (non-hydrogen) atoms. The van der Waals surface area contributed by atoms with Crippen molar-refractivity contribution in [1.29, 1.82) is 0 Å². The molecule has 5 rings (SSSR count). The van der Waals surface area contributed by atoms with Crippen molar-refractivity contribution in [2.75, 3.05) is 10.2 Å². The van der Waals surface area contributed by atoms with Crippen LogP contribution in [0.5, 0.6) is 0 Å². The van der Waals surface area contributed by atoms with E-state index in [1.165, 1.54) is 11.8 Å². The maximum absolute atomic E-state index is 13.7.